The number of hydrogen-bond donors (Lipinski definition) is 2. The monoisotopic (exact) mass is 300 g/mol. The highest BCUT2D eigenvalue weighted by atomic mass is 35.5. The Morgan fingerprint density at radius 3 is 2.42 bits per heavy atom. The number of nitrogens with two attached hydrogens (primary N) is 1. The van der Waals surface area contributed by atoms with E-state index in [1.165, 1.54) is 30.6 Å². The molecule has 0 bridgehead atoms. The average Bonchev–Trinajstić information content (AvgIpc) is 2.84. The van der Waals surface area contributed by atoms with Gasteiger partial charge in [0.15, 0.2) is 0 Å². The van der Waals surface area contributed by atoms with Gasteiger partial charge in [-0.3, -0.25) is 4.79 Å². The van der Waals surface area contributed by atoms with Gasteiger partial charge in [-0.2, -0.15) is 0 Å². The Balaban J connectivity index is 0.00000180. The molecular weight excluding hydrogens is 280 g/mol. The van der Waals surface area contributed by atoms with Gasteiger partial charge in [0, 0.05) is 15.8 Å². The molecule has 0 saturated heterocycles. The molecule has 0 radical (unpaired) electrons. The Morgan fingerprint density at radius 2 is 1.89 bits per heavy atom. The fraction of sp³-hybridized carbons (Fsp3) is 0.500. The Labute approximate surface area is 125 Å². The van der Waals surface area contributed by atoms with Gasteiger partial charge in [-0.05, 0) is 44.0 Å². The van der Waals surface area contributed by atoms with Crippen LogP contribution in [-0.4, -0.2) is 17.2 Å². The molecular formula is C14H21ClN2OS. The summed E-state index contributed by atoms with van der Waals surface area (Å²) in [5, 5.41) is 3.56. The summed E-state index contributed by atoms with van der Waals surface area (Å²) in [5.41, 5.74) is 6.32. The first kappa shape index (κ1) is 16.3. The Kier molecular flexibility index (Phi) is 6.69. The van der Waals surface area contributed by atoms with Crippen LogP contribution in [0.25, 0.3) is 0 Å². The van der Waals surface area contributed by atoms with Crippen molar-refractivity contribution in [2.24, 2.45) is 5.73 Å². The van der Waals surface area contributed by atoms with E-state index in [-0.39, 0.29) is 18.3 Å². The summed E-state index contributed by atoms with van der Waals surface area (Å²) in [4.78, 5) is 12.7. The minimum atomic E-state index is -0.474. The van der Waals surface area contributed by atoms with Crippen LogP contribution in [0.3, 0.4) is 0 Å². The summed E-state index contributed by atoms with van der Waals surface area (Å²) in [6.45, 7) is 1.68. The standard InChI is InChI=1S/C14H20N2OS.ClH/c1-10(15)14(17)16-11-6-8-13(9-7-11)18-12-4-2-3-5-12;/h6-10,12H,2-5,15H2,1H3,(H,16,17);1H/t10-;/m1./s1. The first-order valence-electron chi connectivity index (χ1n) is 6.48. The molecule has 3 N–H and O–H groups in total. The molecule has 106 valence electrons. The molecule has 0 unspecified atom stereocenters. The van der Waals surface area contributed by atoms with E-state index in [2.05, 4.69) is 17.4 Å². The van der Waals surface area contributed by atoms with Crippen LogP contribution in [0.4, 0.5) is 5.69 Å². The molecule has 1 saturated carbocycles. The van der Waals surface area contributed by atoms with Crippen molar-refractivity contribution >= 4 is 35.8 Å². The van der Waals surface area contributed by atoms with Gasteiger partial charge in [0.05, 0.1) is 6.04 Å². The van der Waals surface area contributed by atoms with E-state index in [4.69, 9.17) is 5.73 Å². The van der Waals surface area contributed by atoms with E-state index >= 15 is 0 Å². The third kappa shape index (κ3) is 5.05. The minimum Gasteiger partial charge on any atom is -0.325 e. The van der Waals surface area contributed by atoms with Gasteiger partial charge in [-0.25, -0.2) is 0 Å². The lowest BCUT2D eigenvalue weighted by Crippen LogP contribution is -2.32. The van der Waals surface area contributed by atoms with Gasteiger partial charge in [0.25, 0.3) is 0 Å². The maximum Gasteiger partial charge on any atom is 0.240 e. The predicted molar refractivity (Wildman–Crippen MR) is 84.1 cm³/mol. The van der Waals surface area contributed by atoms with Crippen molar-refractivity contribution in [3.63, 3.8) is 0 Å². The molecule has 1 aliphatic rings. The summed E-state index contributed by atoms with van der Waals surface area (Å²) in [5.74, 6) is -0.147. The molecule has 1 aromatic rings. The zero-order valence-electron chi connectivity index (χ0n) is 11.1. The number of anilines is 1. The first-order chi connectivity index (χ1) is 8.65. The van der Waals surface area contributed by atoms with Gasteiger partial charge >= 0.3 is 0 Å². The molecule has 3 nitrogen and oxygen atoms in total. The number of halogens is 1. The van der Waals surface area contributed by atoms with Crippen molar-refractivity contribution in [2.45, 2.75) is 48.8 Å². The number of hydrogen-bond acceptors (Lipinski definition) is 3. The van der Waals surface area contributed by atoms with E-state index < -0.39 is 6.04 Å². The fourth-order valence-corrected chi connectivity index (χ4v) is 3.32. The van der Waals surface area contributed by atoms with Crippen molar-refractivity contribution < 1.29 is 4.79 Å². The first-order valence-corrected chi connectivity index (χ1v) is 7.36. The Morgan fingerprint density at radius 1 is 1.32 bits per heavy atom. The number of rotatable bonds is 4. The fourth-order valence-electron chi connectivity index (χ4n) is 2.07. The van der Waals surface area contributed by atoms with Crippen LogP contribution in [0.15, 0.2) is 29.2 Å². The largest absolute Gasteiger partial charge is 0.325 e. The highest BCUT2D eigenvalue weighted by molar-refractivity contribution is 8.00. The molecule has 1 aromatic carbocycles. The highest BCUT2D eigenvalue weighted by Gasteiger charge is 2.16. The second-order valence-electron chi connectivity index (χ2n) is 4.83. The van der Waals surface area contributed by atoms with Crippen molar-refractivity contribution in [1.29, 1.82) is 0 Å². The molecule has 0 heterocycles. The molecule has 1 fully saturated rings. The molecule has 1 atom stereocenters. The third-order valence-corrected chi connectivity index (χ3v) is 4.49. The van der Waals surface area contributed by atoms with Gasteiger partial charge < -0.3 is 11.1 Å². The second-order valence-corrected chi connectivity index (χ2v) is 6.20. The van der Waals surface area contributed by atoms with E-state index in [0.29, 0.717) is 0 Å². The van der Waals surface area contributed by atoms with Crippen molar-refractivity contribution in [2.75, 3.05) is 5.32 Å². The van der Waals surface area contributed by atoms with Crippen LogP contribution in [0.2, 0.25) is 0 Å². The van der Waals surface area contributed by atoms with Crippen LogP contribution >= 0.6 is 24.2 Å². The number of carbonyl (C=O) groups excluding carboxylic acids is 1. The van der Waals surface area contributed by atoms with E-state index in [0.717, 1.165) is 10.9 Å². The second kappa shape index (κ2) is 7.78. The van der Waals surface area contributed by atoms with E-state index in [1.807, 2.05) is 23.9 Å². The average molecular weight is 301 g/mol. The molecule has 1 aliphatic carbocycles. The van der Waals surface area contributed by atoms with Gasteiger partial charge in [0.1, 0.15) is 0 Å². The lowest BCUT2D eigenvalue weighted by atomic mass is 10.3. The maximum atomic E-state index is 11.4. The number of nitrogens with one attached hydrogen (secondary N) is 1. The smallest absolute Gasteiger partial charge is 0.240 e. The normalized spacial score (nSPS) is 16.7. The lowest BCUT2D eigenvalue weighted by Gasteiger charge is -2.10. The van der Waals surface area contributed by atoms with Crippen molar-refractivity contribution in [3.8, 4) is 0 Å². The zero-order chi connectivity index (χ0) is 13.0. The molecule has 0 aromatic heterocycles. The van der Waals surface area contributed by atoms with Gasteiger partial charge in [-0.1, -0.05) is 12.8 Å². The SMILES string of the molecule is C[C@@H](N)C(=O)Nc1ccc(SC2CCCC2)cc1.Cl. The van der Waals surface area contributed by atoms with Crippen LogP contribution in [0, 0.1) is 0 Å². The van der Waals surface area contributed by atoms with Gasteiger partial charge in [-0.15, -0.1) is 24.2 Å². The number of benzene rings is 1. The molecule has 1 amide bonds. The molecule has 0 spiro atoms. The van der Waals surface area contributed by atoms with Crippen LogP contribution in [-0.2, 0) is 4.79 Å². The Bertz CT molecular complexity index is 402. The molecule has 19 heavy (non-hydrogen) atoms. The van der Waals surface area contributed by atoms with Crippen LogP contribution < -0.4 is 11.1 Å². The summed E-state index contributed by atoms with van der Waals surface area (Å²) >= 11 is 1.95. The van der Waals surface area contributed by atoms with E-state index in [1.54, 1.807) is 6.92 Å². The molecule has 2 rings (SSSR count). The lowest BCUT2D eigenvalue weighted by molar-refractivity contribution is -0.117. The summed E-state index contributed by atoms with van der Waals surface area (Å²) < 4.78 is 0. The Hall–Kier alpha value is -0.710. The minimum absolute atomic E-state index is 0. The summed E-state index contributed by atoms with van der Waals surface area (Å²) in [7, 11) is 0. The van der Waals surface area contributed by atoms with E-state index in [9.17, 15) is 4.79 Å². The van der Waals surface area contributed by atoms with Crippen molar-refractivity contribution in [1.82, 2.24) is 0 Å². The topological polar surface area (TPSA) is 55.1 Å². The molecule has 0 aliphatic heterocycles. The van der Waals surface area contributed by atoms with Gasteiger partial charge in [0.2, 0.25) is 5.91 Å². The van der Waals surface area contributed by atoms with Crippen LogP contribution in [0.5, 0.6) is 0 Å². The molecule has 5 heteroatoms. The zero-order valence-corrected chi connectivity index (χ0v) is 12.7. The number of amides is 1. The predicted octanol–water partition coefficient (Wildman–Crippen LogP) is 3.43. The number of carbonyl (C=O) groups is 1. The van der Waals surface area contributed by atoms with Crippen molar-refractivity contribution in [3.05, 3.63) is 24.3 Å². The third-order valence-electron chi connectivity index (χ3n) is 3.14. The summed E-state index contributed by atoms with van der Waals surface area (Å²) in [6.07, 6.45) is 5.38. The number of thioether (sulfide) groups is 1. The van der Waals surface area contributed by atoms with Crippen LogP contribution in [0.1, 0.15) is 32.6 Å². The quantitative estimate of drug-likeness (QED) is 0.896. The summed E-state index contributed by atoms with van der Waals surface area (Å²) in [6, 6.07) is 7.55. The highest BCUT2D eigenvalue weighted by Crippen LogP contribution is 2.34. The maximum absolute atomic E-state index is 11.4.